The second kappa shape index (κ2) is 6.32. The maximum absolute atomic E-state index is 12.9. The zero-order valence-electron chi connectivity index (χ0n) is 12.3. The summed E-state index contributed by atoms with van der Waals surface area (Å²) in [7, 11) is 1.65. The van der Waals surface area contributed by atoms with Gasteiger partial charge in [0.15, 0.2) is 0 Å². The zero-order valence-corrected chi connectivity index (χ0v) is 12.3. The Morgan fingerprint density at radius 3 is 2.55 bits per heavy atom. The third-order valence-electron chi connectivity index (χ3n) is 3.50. The first-order chi connectivity index (χ1) is 10.8. The molecule has 108 valence electrons. The summed E-state index contributed by atoms with van der Waals surface area (Å²) in [6.45, 7) is 0. The van der Waals surface area contributed by atoms with Gasteiger partial charge in [-0.1, -0.05) is 30.1 Å². The predicted octanol–water partition coefficient (Wildman–Crippen LogP) is 4.33. The van der Waals surface area contributed by atoms with Crippen LogP contribution in [0.1, 0.15) is 22.3 Å². The normalized spacial score (nSPS) is 14.2. The van der Waals surface area contributed by atoms with Gasteiger partial charge in [0.2, 0.25) is 0 Å². The van der Waals surface area contributed by atoms with Crippen LogP contribution in [0.3, 0.4) is 0 Å². The highest BCUT2D eigenvalue weighted by Gasteiger charge is 2.10. The minimum absolute atomic E-state index is 0.250. The minimum atomic E-state index is -0.250. The van der Waals surface area contributed by atoms with Crippen molar-refractivity contribution in [1.29, 1.82) is 0 Å². The standard InChI is InChI=1S/C20H15FO/c1-22-14-18-4-2-3-17-10-7-16(13-20(17)18)6-5-15-8-11-19(21)12-9-15/h2,4,7-14H,3H2,1H3. The molecule has 0 atom stereocenters. The number of allylic oxidation sites excluding steroid dienone is 3. The summed E-state index contributed by atoms with van der Waals surface area (Å²) < 4.78 is 18.0. The fourth-order valence-electron chi connectivity index (χ4n) is 2.41. The van der Waals surface area contributed by atoms with Gasteiger partial charge < -0.3 is 4.74 Å². The molecule has 0 N–H and O–H groups in total. The summed E-state index contributed by atoms with van der Waals surface area (Å²) in [6, 6.07) is 12.4. The fraction of sp³-hybridized carbons (Fsp3) is 0.100. The van der Waals surface area contributed by atoms with Crippen LogP contribution < -0.4 is 0 Å². The molecule has 0 saturated heterocycles. The van der Waals surface area contributed by atoms with Gasteiger partial charge in [0, 0.05) is 16.7 Å². The zero-order chi connectivity index (χ0) is 15.4. The Balaban J connectivity index is 1.93. The Kier molecular flexibility index (Phi) is 4.07. The van der Waals surface area contributed by atoms with Crippen molar-refractivity contribution in [2.24, 2.45) is 0 Å². The van der Waals surface area contributed by atoms with Crippen molar-refractivity contribution in [3.05, 3.63) is 88.9 Å². The van der Waals surface area contributed by atoms with Gasteiger partial charge in [-0.05, 0) is 53.9 Å². The molecule has 0 radical (unpaired) electrons. The Bertz CT molecular complexity index is 802. The summed E-state index contributed by atoms with van der Waals surface area (Å²) in [5.41, 5.74) is 5.19. The molecule has 1 nitrogen and oxygen atoms in total. The van der Waals surface area contributed by atoms with Crippen molar-refractivity contribution >= 4 is 5.57 Å². The van der Waals surface area contributed by atoms with Gasteiger partial charge in [-0.15, -0.1) is 0 Å². The van der Waals surface area contributed by atoms with Gasteiger partial charge in [0.25, 0.3) is 0 Å². The summed E-state index contributed by atoms with van der Waals surface area (Å²) >= 11 is 0. The molecule has 0 bridgehead atoms. The van der Waals surface area contributed by atoms with Gasteiger partial charge in [0.1, 0.15) is 5.82 Å². The summed E-state index contributed by atoms with van der Waals surface area (Å²) in [4.78, 5) is 0. The second-order valence-electron chi connectivity index (χ2n) is 5.04. The number of rotatable bonds is 1. The Hall–Kier alpha value is -2.79. The van der Waals surface area contributed by atoms with Crippen molar-refractivity contribution in [2.45, 2.75) is 6.42 Å². The van der Waals surface area contributed by atoms with E-state index in [1.807, 2.05) is 6.07 Å². The molecule has 0 unspecified atom stereocenters. The molecule has 1 aliphatic rings. The lowest BCUT2D eigenvalue weighted by molar-refractivity contribution is 0.340. The highest BCUT2D eigenvalue weighted by atomic mass is 19.1. The number of hydrogen-bond acceptors (Lipinski definition) is 1. The molecule has 0 heterocycles. The minimum Gasteiger partial charge on any atom is -0.504 e. The molecule has 0 fully saturated rings. The van der Waals surface area contributed by atoms with Crippen LogP contribution in [0.25, 0.3) is 5.57 Å². The van der Waals surface area contributed by atoms with Gasteiger partial charge in [-0.25, -0.2) is 4.39 Å². The van der Waals surface area contributed by atoms with Crippen molar-refractivity contribution in [2.75, 3.05) is 7.11 Å². The smallest absolute Gasteiger partial charge is 0.123 e. The third kappa shape index (κ3) is 3.10. The maximum Gasteiger partial charge on any atom is 0.123 e. The van der Waals surface area contributed by atoms with Crippen LogP contribution in [0.2, 0.25) is 0 Å². The number of ether oxygens (including phenoxy) is 1. The van der Waals surface area contributed by atoms with Crippen molar-refractivity contribution in [3.63, 3.8) is 0 Å². The van der Waals surface area contributed by atoms with E-state index in [1.165, 1.54) is 17.7 Å². The number of halogens is 1. The monoisotopic (exact) mass is 290 g/mol. The van der Waals surface area contributed by atoms with E-state index in [2.05, 4.69) is 36.1 Å². The van der Waals surface area contributed by atoms with Gasteiger partial charge in [-0.2, -0.15) is 0 Å². The summed E-state index contributed by atoms with van der Waals surface area (Å²) in [5.74, 6) is 5.94. The van der Waals surface area contributed by atoms with E-state index in [0.717, 1.165) is 28.7 Å². The number of benzene rings is 2. The average molecular weight is 290 g/mol. The van der Waals surface area contributed by atoms with Crippen LogP contribution in [0, 0.1) is 17.7 Å². The van der Waals surface area contributed by atoms with Crippen LogP contribution >= 0.6 is 0 Å². The highest BCUT2D eigenvalue weighted by Crippen LogP contribution is 2.26. The Morgan fingerprint density at radius 1 is 1.05 bits per heavy atom. The molecular formula is C20H15FO. The molecule has 0 aromatic heterocycles. The number of fused-ring (bicyclic) bond motifs is 1. The van der Waals surface area contributed by atoms with E-state index in [1.54, 1.807) is 25.5 Å². The largest absolute Gasteiger partial charge is 0.504 e. The lowest BCUT2D eigenvalue weighted by Gasteiger charge is -2.14. The molecule has 0 amide bonds. The molecule has 3 rings (SSSR count). The first-order valence-electron chi connectivity index (χ1n) is 7.06. The summed E-state index contributed by atoms with van der Waals surface area (Å²) in [6.07, 6.45) is 6.84. The topological polar surface area (TPSA) is 9.23 Å². The van der Waals surface area contributed by atoms with E-state index >= 15 is 0 Å². The fourth-order valence-corrected chi connectivity index (χ4v) is 2.41. The molecule has 0 spiro atoms. The molecule has 1 aliphatic carbocycles. The Morgan fingerprint density at radius 2 is 1.77 bits per heavy atom. The van der Waals surface area contributed by atoms with Crippen LogP contribution in [0.15, 0.2) is 60.9 Å². The molecule has 22 heavy (non-hydrogen) atoms. The molecule has 2 heteroatoms. The molecule has 0 aliphatic heterocycles. The van der Waals surface area contributed by atoms with Crippen LogP contribution in [-0.4, -0.2) is 7.11 Å². The van der Waals surface area contributed by atoms with Crippen LogP contribution in [0.5, 0.6) is 0 Å². The molecular weight excluding hydrogens is 275 g/mol. The SMILES string of the molecule is COC=C1C=CCc2ccc(C#Cc3ccc(F)cc3)cc21. The van der Waals surface area contributed by atoms with E-state index < -0.39 is 0 Å². The maximum atomic E-state index is 12.9. The third-order valence-corrected chi connectivity index (χ3v) is 3.50. The lowest BCUT2D eigenvalue weighted by Crippen LogP contribution is -1.97. The van der Waals surface area contributed by atoms with E-state index in [0.29, 0.717) is 0 Å². The average Bonchev–Trinajstić information content (AvgIpc) is 2.55. The number of hydrogen-bond donors (Lipinski definition) is 0. The van der Waals surface area contributed by atoms with E-state index in [4.69, 9.17) is 4.74 Å². The van der Waals surface area contributed by atoms with Gasteiger partial charge in [-0.3, -0.25) is 0 Å². The quantitative estimate of drug-likeness (QED) is 0.561. The van der Waals surface area contributed by atoms with E-state index in [-0.39, 0.29) is 5.82 Å². The van der Waals surface area contributed by atoms with E-state index in [9.17, 15) is 4.39 Å². The molecule has 0 saturated carbocycles. The number of methoxy groups -OCH3 is 1. The Labute approximate surface area is 129 Å². The predicted molar refractivity (Wildman–Crippen MR) is 86.7 cm³/mol. The summed E-state index contributed by atoms with van der Waals surface area (Å²) in [5, 5.41) is 0. The van der Waals surface area contributed by atoms with Crippen LogP contribution in [-0.2, 0) is 11.2 Å². The van der Waals surface area contributed by atoms with Crippen LogP contribution in [0.4, 0.5) is 4.39 Å². The molecule has 2 aromatic carbocycles. The second-order valence-corrected chi connectivity index (χ2v) is 5.04. The van der Waals surface area contributed by atoms with Crippen molar-refractivity contribution < 1.29 is 9.13 Å². The first-order valence-corrected chi connectivity index (χ1v) is 7.06. The van der Waals surface area contributed by atoms with Crippen molar-refractivity contribution in [1.82, 2.24) is 0 Å². The van der Waals surface area contributed by atoms with Gasteiger partial charge in [0.05, 0.1) is 13.4 Å². The van der Waals surface area contributed by atoms with Crippen molar-refractivity contribution in [3.8, 4) is 11.8 Å². The van der Waals surface area contributed by atoms with Gasteiger partial charge >= 0.3 is 0 Å². The highest BCUT2D eigenvalue weighted by molar-refractivity contribution is 5.78. The first kappa shape index (κ1) is 14.2. The lowest BCUT2D eigenvalue weighted by atomic mass is 9.91. The molecule has 2 aromatic rings.